The first-order chi connectivity index (χ1) is 8.61. The predicted molar refractivity (Wildman–Crippen MR) is 70.6 cm³/mol. The highest BCUT2D eigenvalue weighted by Crippen LogP contribution is 2.21. The van der Waals surface area contributed by atoms with Gasteiger partial charge < -0.3 is 10.2 Å². The molecule has 0 fully saturated rings. The van der Waals surface area contributed by atoms with E-state index in [-0.39, 0.29) is 6.61 Å². The van der Waals surface area contributed by atoms with Crippen LogP contribution in [0, 0.1) is 0 Å². The quantitative estimate of drug-likeness (QED) is 0.784. The summed E-state index contributed by atoms with van der Waals surface area (Å²) in [5.41, 5.74) is 0.688. The monoisotopic (exact) mass is 288 g/mol. The third kappa shape index (κ3) is 2.92. The van der Waals surface area contributed by atoms with Crippen molar-refractivity contribution in [2.24, 2.45) is 7.05 Å². The first-order valence-corrected chi connectivity index (χ1v) is 6.86. The number of hydrogen-bond donors (Lipinski definition) is 2. The lowest BCUT2D eigenvalue weighted by Crippen LogP contribution is -2.14. The molecule has 0 amide bonds. The molecule has 2 N–H and O–H groups in total. The molecule has 0 saturated carbocycles. The first kappa shape index (κ1) is 13.5. The van der Waals surface area contributed by atoms with Gasteiger partial charge in [0.15, 0.2) is 5.65 Å². The molecule has 0 saturated heterocycles. The zero-order chi connectivity index (χ0) is 13.1. The minimum Gasteiger partial charge on any atom is -0.394 e. The molecule has 0 aliphatic heterocycles. The van der Waals surface area contributed by atoms with Crippen molar-refractivity contribution in [1.82, 2.24) is 19.7 Å². The summed E-state index contributed by atoms with van der Waals surface area (Å²) in [6.07, 6.45) is 0.912. The normalized spacial score (nSPS) is 13.1. The van der Waals surface area contributed by atoms with E-state index in [1.165, 1.54) is 11.8 Å². The van der Waals surface area contributed by atoms with Crippen LogP contribution in [0.2, 0.25) is 5.15 Å². The van der Waals surface area contributed by atoms with Gasteiger partial charge in [0, 0.05) is 12.8 Å². The third-order valence-electron chi connectivity index (χ3n) is 2.34. The Hall–Kier alpha value is -0.890. The maximum Gasteiger partial charge on any atom is 0.162 e. The Bertz CT molecular complexity index is 548. The van der Waals surface area contributed by atoms with E-state index in [9.17, 15) is 5.11 Å². The number of fused-ring (bicyclic) bond motifs is 1. The van der Waals surface area contributed by atoms with Crippen molar-refractivity contribution in [2.45, 2.75) is 11.9 Å². The minimum atomic E-state index is -0.717. The fourth-order valence-electron chi connectivity index (χ4n) is 1.43. The average molecular weight is 289 g/mol. The van der Waals surface area contributed by atoms with Crippen LogP contribution in [-0.4, -0.2) is 48.4 Å². The number of aliphatic hydroxyl groups excluding tert-OH is 2. The second-order valence-electron chi connectivity index (χ2n) is 3.79. The van der Waals surface area contributed by atoms with Crippen LogP contribution in [0.25, 0.3) is 11.0 Å². The number of nitrogens with zero attached hydrogens (tertiary/aromatic N) is 4. The van der Waals surface area contributed by atoms with Crippen molar-refractivity contribution in [3.8, 4) is 0 Å². The minimum absolute atomic E-state index is 0.241. The molecule has 1 unspecified atom stereocenters. The van der Waals surface area contributed by atoms with Crippen molar-refractivity contribution in [3.63, 3.8) is 0 Å². The summed E-state index contributed by atoms with van der Waals surface area (Å²) in [7, 11) is 1.79. The molecule has 6 nitrogen and oxygen atoms in total. The van der Waals surface area contributed by atoms with E-state index in [1.54, 1.807) is 17.9 Å². The molecule has 0 aliphatic rings. The molecule has 0 bridgehead atoms. The molecule has 0 aromatic carbocycles. The van der Waals surface area contributed by atoms with Gasteiger partial charge in [-0.05, 0) is 0 Å². The molecule has 0 radical (unpaired) electrons. The fraction of sp³-hybridized carbons (Fsp3) is 0.500. The topological polar surface area (TPSA) is 84.1 Å². The van der Waals surface area contributed by atoms with Crippen LogP contribution >= 0.6 is 23.4 Å². The number of aryl methyl sites for hydroxylation is 1. The molecule has 2 aromatic rings. The third-order valence-corrected chi connectivity index (χ3v) is 3.71. The first-order valence-electron chi connectivity index (χ1n) is 5.32. The highest BCUT2D eigenvalue weighted by atomic mass is 35.5. The standard InChI is InChI=1S/C10H13ClN4O2S/c1-15-10-7(2-12-15)9(11)13-8(14-10)5-18-4-6(17)3-16/h2,6,16-17H,3-5H2,1H3. The SMILES string of the molecule is Cn1ncc2c(Cl)nc(CSCC(O)CO)nc21. The molecule has 1 atom stereocenters. The van der Waals surface area contributed by atoms with E-state index in [0.717, 1.165) is 5.39 Å². The Morgan fingerprint density at radius 1 is 1.50 bits per heavy atom. The van der Waals surface area contributed by atoms with Gasteiger partial charge >= 0.3 is 0 Å². The van der Waals surface area contributed by atoms with Gasteiger partial charge in [0.2, 0.25) is 0 Å². The van der Waals surface area contributed by atoms with Gasteiger partial charge in [0.25, 0.3) is 0 Å². The number of rotatable bonds is 5. The molecule has 2 aromatic heterocycles. The van der Waals surface area contributed by atoms with Crippen LogP contribution in [0.1, 0.15) is 5.82 Å². The summed E-state index contributed by atoms with van der Waals surface area (Å²) in [6, 6.07) is 0. The highest BCUT2D eigenvalue weighted by Gasteiger charge is 2.10. The van der Waals surface area contributed by atoms with Crippen LogP contribution in [0.4, 0.5) is 0 Å². The number of aliphatic hydroxyl groups is 2. The van der Waals surface area contributed by atoms with E-state index >= 15 is 0 Å². The van der Waals surface area contributed by atoms with Crippen molar-refractivity contribution in [1.29, 1.82) is 0 Å². The van der Waals surface area contributed by atoms with Gasteiger partial charge in [0.1, 0.15) is 11.0 Å². The highest BCUT2D eigenvalue weighted by molar-refractivity contribution is 7.98. The van der Waals surface area contributed by atoms with Gasteiger partial charge in [-0.25, -0.2) is 9.97 Å². The molecule has 2 rings (SSSR count). The summed E-state index contributed by atoms with van der Waals surface area (Å²) < 4.78 is 1.64. The predicted octanol–water partition coefficient (Wildman–Crippen LogP) is 0.603. The van der Waals surface area contributed by atoms with Gasteiger partial charge in [-0.3, -0.25) is 4.68 Å². The number of hydrogen-bond acceptors (Lipinski definition) is 6. The molecule has 0 aliphatic carbocycles. The van der Waals surface area contributed by atoms with E-state index in [0.29, 0.717) is 28.1 Å². The molecule has 2 heterocycles. The Labute approximate surface area is 113 Å². The summed E-state index contributed by atoms with van der Waals surface area (Å²) >= 11 is 7.48. The number of thioether (sulfide) groups is 1. The maximum absolute atomic E-state index is 9.22. The zero-order valence-corrected chi connectivity index (χ0v) is 11.3. The van der Waals surface area contributed by atoms with Crippen LogP contribution in [0.15, 0.2) is 6.20 Å². The van der Waals surface area contributed by atoms with Crippen LogP contribution in [-0.2, 0) is 12.8 Å². The lowest BCUT2D eigenvalue weighted by atomic mass is 10.4. The molecule has 18 heavy (non-hydrogen) atoms. The summed E-state index contributed by atoms with van der Waals surface area (Å²) in [6.45, 7) is -0.241. The van der Waals surface area contributed by atoms with Crippen molar-refractivity contribution in [3.05, 3.63) is 17.2 Å². The summed E-state index contributed by atoms with van der Waals surface area (Å²) in [5.74, 6) is 1.55. The average Bonchev–Trinajstić information content (AvgIpc) is 2.72. The Morgan fingerprint density at radius 3 is 3.00 bits per heavy atom. The smallest absolute Gasteiger partial charge is 0.162 e. The Kier molecular flexibility index (Phi) is 4.39. The number of halogens is 1. The van der Waals surface area contributed by atoms with Crippen LogP contribution < -0.4 is 0 Å². The summed E-state index contributed by atoms with van der Waals surface area (Å²) in [5, 5.41) is 23.1. The molecule has 0 spiro atoms. The lowest BCUT2D eigenvalue weighted by molar-refractivity contribution is 0.113. The largest absolute Gasteiger partial charge is 0.394 e. The molecule has 8 heteroatoms. The lowest BCUT2D eigenvalue weighted by Gasteiger charge is -2.06. The van der Waals surface area contributed by atoms with E-state index in [1.807, 2.05) is 0 Å². The van der Waals surface area contributed by atoms with Crippen molar-refractivity contribution >= 4 is 34.4 Å². The van der Waals surface area contributed by atoms with Gasteiger partial charge in [-0.2, -0.15) is 16.9 Å². The molecule has 98 valence electrons. The van der Waals surface area contributed by atoms with Gasteiger partial charge in [-0.15, -0.1) is 0 Å². The summed E-state index contributed by atoms with van der Waals surface area (Å²) in [4.78, 5) is 8.53. The maximum atomic E-state index is 9.22. The molecular weight excluding hydrogens is 276 g/mol. The Balaban J connectivity index is 2.11. The van der Waals surface area contributed by atoms with E-state index in [2.05, 4.69) is 15.1 Å². The second kappa shape index (κ2) is 5.83. The van der Waals surface area contributed by atoms with Crippen molar-refractivity contribution in [2.75, 3.05) is 12.4 Å². The Morgan fingerprint density at radius 2 is 2.28 bits per heavy atom. The van der Waals surface area contributed by atoms with Crippen LogP contribution in [0.5, 0.6) is 0 Å². The fourth-order valence-corrected chi connectivity index (χ4v) is 2.47. The van der Waals surface area contributed by atoms with Crippen molar-refractivity contribution < 1.29 is 10.2 Å². The zero-order valence-electron chi connectivity index (χ0n) is 9.75. The van der Waals surface area contributed by atoms with Crippen LogP contribution in [0.3, 0.4) is 0 Å². The second-order valence-corrected chi connectivity index (χ2v) is 5.18. The van der Waals surface area contributed by atoms with Gasteiger partial charge in [0.05, 0.1) is 30.0 Å². The van der Waals surface area contributed by atoms with Gasteiger partial charge in [-0.1, -0.05) is 11.6 Å². The van der Waals surface area contributed by atoms with E-state index < -0.39 is 6.10 Å². The molecular formula is C10H13ClN4O2S. The van der Waals surface area contributed by atoms with E-state index in [4.69, 9.17) is 16.7 Å². The number of aromatic nitrogens is 4.